The van der Waals surface area contributed by atoms with E-state index in [1.54, 1.807) is 19.3 Å². The number of anilines is 1. The molecule has 0 aliphatic heterocycles. The Morgan fingerprint density at radius 3 is 3.00 bits per heavy atom. The fourth-order valence-corrected chi connectivity index (χ4v) is 3.18. The number of benzene rings is 1. The van der Waals surface area contributed by atoms with Crippen molar-refractivity contribution in [1.82, 2.24) is 14.8 Å². The van der Waals surface area contributed by atoms with Gasteiger partial charge in [-0.2, -0.15) is 0 Å². The highest BCUT2D eigenvalue weighted by Crippen LogP contribution is 2.38. The van der Waals surface area contributed by atoms with Gasteiger partial charge in [-0.05, 0) is 38.0 Å². The number of aromatic nitrogens is 3. The fourth-order valence-electron chi connectivity index (χ4n) is 1.96. The van der Waals surface area contributed by atoms with Gasteiger partial charge in [0.15, 0.2) is 5.16 Å². The molecule has 1 aromatic carbocycles. The Labute approximate surface area is 139 Å². The maximum Gasteiger partial charge on any atom is 0.237 e. The van der Waals surface area contributed by atoms with Crippen molar-refractivity contribution in [2.45, 2.75) is 36.2 Å². The third-order valence-corrected chi connectivity index (χ3v) is 4.89. The van der Waals surface area contributed by atoms with E-state index >= 15 is 0 Å². The van der Waals surface area contributed by atoms with Crippen molar-refractivity contribution < 1.29 is 9.18 Å². The van der Waals surface area contributed by atoms with Gasteiger partial charge in [-0.15, -0.1) is 10.2 Å². The van der Waals surface area contributed by atoms with Gasteiger partial charge < -0.3 is 9.88 Å². The number of hydrogen-bond donors (Lipinski definition) is 1. The van der Waals surface area contributed by atoms with Crippen LogP contribution >= 0.6 is 27.7 Å². The molecule has 1 unspecified atom stereocenters. The summed E-state index contributed by atoms with van der Waals surface area (Å²) in [5.41, 5.74) is 0.171. The molecule has 1 fully saturated rings. The zero-order valence-corrected chi connectivity index (χ0v) is 14.2. The lowest BCUT2D eigenvalue weighted by Crippen LogP contribution is -2.23. The minimum Gasteiger partial charge on any atom is -0.323 e. The van der Waals surface area contributed by atoms with Gasteiger partial charge in [0.2, 0.25) is 5.91 Å². The maximum atomic E-state index is 13.8. The first kappa shape index (κ1) is 15.5. The minimum absolute atomic E-state index is 0.171. The van der Waals surface area contributed by atoms with Crippen LogP contribution in [0.1, 0.15) is 25.8 Å². The van der Waals surface area contributed by atoms with Gasteiger partial charge in [-0.25, -0.2) is 4.39 Å². The van der Waals surface area contributed by atoms with E-state index in [4.69, 9.17) is 0 Å². The van der Waals surface area contributed by atoms with Gasteiger partial charge in [0.05, 0.1) is 10.9 Å². The smallest absolute Gasteiger partial charge is 0.237 e. The molecule has 1 saturated carbocycles. The zero-order chi connectivity index (χ0) is 15.7. The lowest BCUT2D eigenvalue weighted by Gasteiger charge is -2.12. The van der Waals surface area contributed by atoms with Crippen molar-refractivity contribution in [2.24, 2.45) is 0 Å². The topological polar surface area (TPSA) is 59.8 Å². The second-order valence-corrected chi connectivity index (χ2v) is 7.35. The summed E-state index contributed by atoms with van der Waals surface area (Å²) < 4.78 is 16.4. The van der Waals surface area contributed by atoms with Gasteiger partial charge in [-0.3, -0.25) is 4.79 Å². The molecule has 3 rings (SSSR count). The van der Waals surface area contributed by atoms with E-state index in [9.17, 15) is 9.18 Å². The Morgan fingerprint density at radius 1 is 1.55 bits per heavy atom. The van der Waals surface area contributed by atoms with Gasteiger partial charge in [0.1, 0.15) is 12.1 Å². The van der Waals surface area contributed by atoms with Crippen molar-refractivity contribution in [3.05, 3.63) is 34.8 Å². The van der Waals surface area contributed by atoms with Crippen molar-refractivity contribution in [3.63, 3.8) is 0 Å². The first-order valence-electron chi connectivity index (χ1n) is 6.86. The molecule has 8 heteroatoms. The Morgan fingerprint density at radius 2 is 2.32 bits per heavy atom. The van der Waals surface area contributed by atoms with Crippen molar-refractivity contribution in [2.75, 3.05) is 5.32 Å². The normalized spacial score (nSPS) is 15.6. The van der Waals surface area contributed by atoms with Gasteiger partial charge in [0, 0.05) is 10.5 Å². The zero-order valence-electron chi connectivity index (χ0n) is 11.8. The molecule has 1 N–H and O–H groups in total. The summed E-state index contributed by atoms with van der Waals surface area (Å²) in [5.74, 6) is -0.738. The molecule has 0 radical (unpaired) electrons. The minimum atomic E-state index is -0.471. The van der Waals surface area contributed by atoms with Crippen LogP contribution in [0.3, 0.4) is 0 Å². The first-order chi connectivity index (χ1) is 10.5. The highest BCUT2D eigenvalue weighted by atomic mass is 79.9. The predicted octanol–water partition coefficient (Wildman–Crippen LogP) is 3.63. The van der Waals surface area contributed by atoms with Crippen LogP contribution in [0.15, 0.2) is 34.2 Å². The van der Waals surface area contributed by atoms with Crippen LogP contribution in [-0.2, 0) is 4.79 Å². The second-order valence-electron chi connectivity index (χ2n) is 5.13. The molecule has 1 aliphatic carbocycles. The number of nitrogens with zero attached hydrogens (tertiary/aromatic N) is 3. The number of thioether (sulfide) groups is 1. The highest BCUT2D eigenvalue weighted by molar-refractivity contribution is 9.10. The molecule has 116 valence electrons. The molecule has 2 aromatic rings. The Bertz CT molecular complexity index is 704. The average molecular weight is 385 g/mol. The Hall–Kier alpha value is -1.41. The molecular formula is C14H14BrFN4OS. The lowest BCUT2D eigenvalue weighted by atomic mass is 10.3. The Balaban J connectivity index is 1.65. The van der Waals surface area contributed by atoms with Crippen LogP contribution in [-0.4, -0.2) is 25.9 Å². The molecule has 22 heavy (non-hydrogen) atoms. The summed E-state index contributed by atoms with van der Waals surface area (Å²) in [6.45, 7) is 1.77. The monoisotopic (exact) mass is 384 g/mol. The summed E-state index contributed by atoms with van der Waals surface area (Å²) >= 11 is 4.51. The van der Waals surface area contributed by atoms with Crippen LogP contribution in [0, 0.1) is 5.82 Å². The molecule has 1 heterocycles. The molecule has 0 saturated heterocycles. The van der Waals surface area contributed by atoms with E-state index in [0.717, 1.165) is 18.0 Å². The van der Waals surface area contributed by atoms with E-state index in [1.165, 1.54) is 23.9 Å². The number of carbonyl (C=O) groups excluding carboxylic acids is 1. The summed E-state index contributed by atoms with van der Waals surface area (Å²) in [4.78, 5) is 12.2. The van der Waals surface area contributed by atoms with Crippen molar-refractivity contribution in [1.29, 1.82) is 0 Å². The molecule has 1 amide bonds. The fraction of sp³-hybridized carbons (Fsp3) is 0.357. The van der Waals surface area contributed by atoms with Gasteiger partial charge in [0.25, 0.3) is 0 Å². The SMILES string of the molecule is CC(Sc1nncn1C1CC1)C(=O)Nc1ccc(Br)cc1F. The van der Waals surface area contributed by atoms with Crippen LogP contribution in [0.25, 0.3) is 0 Å². The van der Waals surface area contributed by atoms with E-state index in [-0.39, 0.29) is 11.6 Å². The standard InChI is InChI=1S/C14H14BrFN4OS/c1-8(22-14-19-17-7-20(14)10-3-4-10)13(21)18-12-5-2-9(15)6-11(12)16/h2,5-8,10H,3-4H2,1H3,(H,18,21). The van der Waals surface area contributed by atoms with Gasteiger partial charge >= 0.3 is 0 Å². The summed E-state index contributed by atoms with van der Waals surface area (Å²) in [7, 11) is 0. The number of nitrogens with one attached hydrogen (secondary N) is 1. The van der Waals surface area contributed by atoms with Crippen LogP contribution in [0.2, 0.25) is 0 Å². The number of hydrogen-bond acceptors (Lipinski definition) is 4. The Kier molecular flexibility index (Phi) is 4.49. The summed E-state index contributed by atoms with van der Waals surface area (Å²) in [6, 6.07) is 4.98. The quantitative estimate of drug-likeness (QED) is 0.799. The molecular weight excluding hydrogens is 371 g/mol. The van der Waals surface area contributed by atoms with Crippen LogP contribution in [0.4, 0.5) is 10.1 Å². The first-order valence-corrected chi connectivity index (χ1v) is 8.54. The second kappa shape index (κ2) is 6.37. The van der Waals surface area contributed by atoms with E-state index in [2.05, 4.69) is 31.4 Å². The molecule has 1 aromatic heterocycles. The van der Waals surface area contributed by atoms with Crippen LogP contribution in [0.5, 0.6) is 0 Å². The maximum absolute atomic E-state index is 13.8. The van der Waals surface area contributed by atoms with E-state index < -0.39 is 11.1 Å². The predicted molar refractivity (Wildman–Crippen MR) is 86.3 cm³/mol. The average Bonchev–Trinajstić information content (AvgIpc) is 3.22. The van der Waals surface area contributed by atoms with Crippen molar-refractivity contribution in [3.8, 4) is 0 Å². The molecule has 5 nitrogen and oxygen atoms in total. The number of amides is 1. The number of halogens is 2. The molecule has 0 spiro atoms. The largest absolute Gasteiger partial charge is 0.323 e. The molecule has 1 aliphatic rings. The third kappa shape index (κ3) is 3.49. The number of carbonyl (C=O) groups is 1. The van der Waals surface area contributed by atoms with E-state index in [0.29, 0.717) is 10.5 Å². The van der Waals surface area contributed by atoms with Crippen LogP contribution < -0.4 is 5.32 Å². The molecule has 0 bridgehead atoms. The number of rotatable bonds is 5. The third-order valence-electron chi connectivity index (χ3n) is 3.32. The summed E-state index contributed by atoms with van der Waals surface area (Å²) in [5, 5.41) is 10.9. The van der Waals surface area contributed by atoms with E-state index in [1.807, 2.05) is 4.57 Å². The molecule has 1 atom stereocenters. The highest BCUT2D eigenvalue weighted by Gasteiger charge is 2.28. The van der Waals surface area contributed by atoms with Gasteiger partial charge in [-0.1, -0.05) is 27.7 Å². The lowest BCUT2D eigenvalue weighted by molar-refractivity contribution is -0.115. The summed E-state index contributed by atoms with van der Waals surface area (Å²) in [6.07, 6.45) is 3.94. The van der Waals surface area contributed by atoms with Crippen molar-refractivity contribution >= 4 is 39.3 Å².